The second-order valence-corrected chi connectivity index (χ2v) is 9.08. The lowest BCUT2D eigenvalue weighted by Crippen LogP contribution is -2.58. The van der Waals surface area contributed by atoms with Gasteiger partial charge in [-0.05, 0) is 50.4 Å². The first-order valence-corrected chi connectivity index (χ1v) is 9.24. The molecule has 132 valence electrons. The van der Waals surface area contributed by atoms with Gasteiger partial charge in [-0.3, -0.25) is 9.35 Å². The van der Waals surface area contributed by atoms with E-state index in [1.165, 1.54) is 0 Å². The lowest BCUT2D eigenvalue weighted by Gasteiger charge is -2.58. The van der Waals surface area contributed by atoms with Crippen LogP contribution < -0.4 is 0 Å². The minimum atomic E-state index is -4.87. The fourth-order valence-electron chi connectivity index (χ4n) is 5.09. The van der Waals surface area contributed by atoms with Crippen LogP contribution in [0.4, 0.5) is 8.78 Å². The lowest BCUT2D eigenvalue weighted by atomic mass is 9.48. The Labute approximate surface area is 132 Å². The van der Waals surface area contributed by atoms with Gasteiger partial charge in [-0.2, -0.15) is 8.42 Å². The predicted molar refractivity (Wildman–Crippen MR) is 74.4 cm³/mol. The Balaban J connectivity index is 1.67. The second kappa shape index (κ2) is 5.10. The summed E-state index contributed by atoms with van der Waals surface area (Å²) in [5.74, 6) is -6.02. The molecule has 2 atom stereocenters. The Kier molecular flexibility index (Phi) is 3.77. The molecule has 0 amide bonds. The van der Waals surface area contributed by atoms with Gasteiger partial charge in [0.15, 0.2) is 6.61 Å². The van der Waals surface area contributed by atoms with Crippen LogP contribution in [0.3, 0.4) is 0 Å². The molecule has 4 saturated carbocycles. The van der Waals surface area contributed by atoms with Crippen molar-refractivity contribution in [3.8, 4) is 0 Å². The summed E-state index contributed by atoms with van der Waals surface area (Å²) in [6, 6.07) is 0. The third-order valence-electron chi connectivity index (χ3n) is 5.27. The van der Waals surface area contributed by atoms with E-state index in [9.17, 15) is 27.1 Å². The normalized spacial score (nSPS) is 39.5. The Morgan fingerprint density at radius 1 is 1.22 bits per heavy atom. The van der Waals surface area contributed by atoms with Gasteiger partial charge in [0.05, 0.1) is 11.0 Å². The number of carbonyl (C=O) groups excluding carboxylic acids is 1. The summed E-state index contributed by atoms with van der Waals surface area (Å²) in [6.07, 6.45) is 3.48. The number of ether oxygens (including phenoxy) is 1. The van der Waals surface area contributed by atoms with Crippen molar-refractivity contribution in [2.45, 2.75) is 50.0 Å². The molecule has 4 bridgehead atoms. The van der Waals surface area contributed by atoms with E-state index in [-0.39, 0.29) is 18.3 Å². The van der Waals surface area contributed by atoms with Gasteiger partial charge in [0.2, 0.25) is 0 Å². The zero-order valence-corrected chi connectivity index (χ0v) is 13.3. The minimum absolute atomic E-state index is 0.201. The number of halogens is 2. The largest absolute Gasteiger partial charge is 0.459 e. The number of rotatable bonds is 5. The number of alkyl halides is 2. The van der Waals surface area contributed by atoms with E-state index in [4.69, 9.17) is 9.29 Å². The maximum absolute atomic E-state index is 13.5. The molecule has 4 rings (SSSR count). The molecule has 4 fully saturated rings. The van der Waals surface area contributed by atoms with Crippen molar-refractivity contribution in [3.63, 3.8) is 0 Å². The van der Waals surface area contributed by atoms with Gasteiger partial charge in [-0.1, -0.05) is 0 Å². The van der Waals surface area contributed by atoms with E-state index in [0.29, 0.717) is 25.7 Å². The van der Waals surface area contributed by atoms with Crippen LogP contribution in [0.1, 0.15) is 38.5 Å². The first-order chi connectivity index (χ1) is 10.4. The number of esters is 1. The summed E-state index contributed by atoms with van der Waals surface area (Å²) in [5, 5.41) is 10.5. The Morgan fingerprint density at radius 2 is 1.78 bits per heavy atom. The van der Waals surface area contributed by atoms with Crippen LogP contribution in [0.15, 0.2) is 0 Å². The van der Waals surface area contributed by atoms with Crippen LogP contribution in [0.2, 0.25) is 0 Å². The van der Waals surface area contributed by atoms with E-state index in [2.05, 4.69) is 0 Å². The van der Waals surface area contributed by atoms with Crippen LogP contribution in [0, 0.1) is 17.3 Å². The SMILES string of the molecule is O=C(OCC(F)(F)CS(=O)(=O)O)C12CC3CC(CC(O)(C3)C1)C2. The third-order valence-corrected chi connectivity index (χ3v) is 6.06. The molecule has 2 unspecified atom stereocenters. The van der Waals surface area contributed by atoms with Crippen LogP contribution in [0.25, 0.3) is 0 Å². The molecule has 9 heteroatoms. The minimum Gasteiger partial charge on any atom is -0.459 e. The highest BCUT2D eigenvalue weighted by Gasteiger charge is 2.61. The number of hydrogen-bond donors (Lipinski definition) is 2. The van der Waals surface area contributed by atoms with Gasteiger partial charge in [0, 0.05) is 0 Å². The molecule has 0 aromatic carbocycles. The summed E-state index contributed by atoms with van der Waals surface area (Å²) in [6.45, 7) is -1.39. The van der Waals surface area contributed by atoms with E-state index in [1.807, 2.05) is 0 Å². The van der Waals surface area contributed by atoms with E-state index in [1.54, 1.807) is 0 Å². The quantitative estimate of drug-likeness (QED) is 0.571. The average molecular weight is 354 g/mol. The highest BCUT2D eigenvalue weighted by atomic mass is 32.2. The van der Waals surface area contributed by atoms with E-state index >= 15 is 0 Å². The summed E-state index contributed by atoms with van der Waals surface area (Å²) in [4.78, 5) is 12.4. The fourth-order valence-corrected chi connectivity index (χ4v) is 5.70. The molecular formula is C14H20F2O6S. The number of carbonyl (C=O) groups is 1. The van der Waals surface area contributed by atoms with Gasteiger partial charge < -0.3 is 9.84 Å². The van der Waals surface area contributed by atoms with Crippen LogP contribution >= 0.6 is 0 Å². The summed E-state index contributed by atoms with van der Waals surface area (Å²) in [7, 11) is -4.87. The zero-order chi connectivity index (χ0) is 17.1. The fraction of sp³-hybridized carbons (Fsp3) is 0.929. The van der Waals surface area contributed by atoms with Crippen molar-refractivity contribution in [1.29, 1.82) is 0 Å². The van der Waals surface area contributed by atoms with Crippen molar-refractivity contribution >= 4 is 16.1 Å². The molecule has 0 aromatic rings. The highest BCUT2D eigenvalue weighted by Crippen LogP contribution is 2.62. The molecule has 0 aromatic heterocycles. The monoisotopic (exact) mass is 354 g/mol. The van der Waals surface area contributed by atoms with Crippen molar-refractivity contribution in [1.82, 2.24) is 0 Å². The second-order valence-electron chi connectivity index (χ2n) is 7.62. The molecule has 0 saturated heterocycles. The first kappa shape index (κ1) is 17.0. The molecule has 0 radical (unpaired) electrons. The van der Waals surface area contributed by atoms with Crippen molar-refractivity contribution in [2.24, 2.45) is 17.3 Å². The third kappa shape index (κ3) is 3.51. The zero-order valence-electron chi connectivity index (χ0n) is 12.5. The van der Waals surface area contributed by atoms with E-state index < -0.39 is 45.4 Å². The Morgan fingerprint density at radius 3 is 2.26 bits per heavy atom. The van der Waals surface area contributed by atoms with Gasteiger partial charge in [-0.15, -0.1) is 0 Å². The van der Waals surface area contributed by atoms with Crippen molar-refractivity contribution < 1.29 is 36.4 Å². The van der Waals surface area contributed by atoms with Crippen LogP contribution in [-0.4, -0.2) is 47.9 Å². The molecule has 2 N–H and O–H groups in total. The van der Waals surface area contributed by atoms with Crippen molar-refractivity contribution in [2.75, 3.05) is 12.4 Å². The molecule has 0 spiro atoms. The summed E-state index contributed by atoms with van der Waals surface area (Å²) < 4.78 is 61.2. The molecule has 4 aliphatic rings. The molecule has 23 heavy (non-hydrogen) atoms. The van der Waals surface area contributed by atoms with Gasteiger partial charge in [-0.25, -0.2) is 8.78 Å². The number of hydrogen-bond acceptors (Lipinski definition) is 5. The Hall–Kier alpha value is -0.800. The predicted octanol–water partition coefficient (Wildman–Crippen LogP) is 1.38. The topological polar surface area (TPSA) is 101 Å². The first-order valence-electron chi connectivity index (χ1n) is 7.63. The number of aliphatic hydroxyl groups is 1. The summed E-state index contributed by atoms with van der Waals surface area (Å²) >= 11 is 0. The van der Waals surface area contributed by atoms with Crippen molar-refractivity contribution in [3.05, 3.63) is 0 Å². The highest BCUT2D eigenvalue weighted by molar-refractivity contribution is 7.85. The van der Waals surface area contributed by atoms with E-state index in [0.717, 1.165) is 6.42 Å². The summed E-state index contributed by atoms with van der Waals surface area (Å²) in [5.41, 5.74) is -1.85. The van der Waals surface area contributed by atoms with Crippen LogP contribution in [-0.2, 0) is 19.6 Å². The van der Waals surface area contributed by atoms with Gasteiger partial charge in [0.1, 0.15) is 5.75 Å². The molecular weight excluding hydrogens is 334 g/mol. The lowest BCUT2D eigenvalue weighted by molar-refractivity contribution is -0.201. The van der Waals surface area contributed by atoms with Gasteiger partial charge >= 0.3 is 5.97 Å². The maximum atomic E-state index is 13.5. The molecule has 6 nitrogen and oxygen atoms in total. The maximum Gasteiger partial charge on any atom is 0.312 e. The molecule has 4 aliphatic carbocycles. The smallest absolute Gasteiger partial charge is 0.312 e. The molecule has 0 aliphatic heterocycles. The molecule has 0 heterocycles. The standard InChI is InChI=1S/C14H20F2O6S/c15-14(16,8-23(19,20)21)7-22-11(17)12-2-9-1-10(3-12)5-13(18,4-9)6-12/h9-10,18H,1-8H2,(H,19,20,21). The average Bonchev–Trinajstić information content (AvgIpc) is 2.29. The van der Waals surface area contributed by atoms with Gasteiger partial charge in [0.25, 0.3) is 16.0 Å². The Bertz CT molecular complexity index is 603. The van der Waals surface area contributed by atoms with Crippen LogP contribution in [0.5, 0.6) is 0 Å².